The number of hydrogen-bond donors (Lipinski definition) is 0. The third-order valence-corrected chi connectivity index (χ3v) is 4.17. The van der Waals surface area contributed by atoms with Crippen LogP contribution in [0, 0.1) is 23.7 Å². The zero-order chi connectivity index (χ0) is 11.7. The third kappa shape index (κ3) is 1.70. The minimum atomic E-state index is -0.273. The van der Waals surface area contributed by atoms with Crippen molar-refractivity contribution in [2.24, 2.45) is 23.7 Å². The van der Waals surface area contributed by atoms with Gasteiger partial charge in [0.2, 0.25) is 0 Å². The highest BCUT2D eigenvalue weighted by Crippen LogP contribution is 2.49. The average Bonchev–Trinajstić information content (AvgIpc) is 2.37. The predicted octanol–water partition coefficient (Wildman–Crippen LogP) is 1.38. The first-order valence-corrected chi connectivity index (χ1v) is 5.84. The minimum Gasteiger partial charge on any atom is -0.469 e. The minimum absolute atomic E-state index is 0.246. The molecule has 3 aliphatic rings. The molecule has 0 saturated heterocycles. The third-order valence-electron chi connectivity index (χ3n) is 4.17. The molecule has 3 fully saturated rings. The fraction of sp³-hybridized carbons (Fsp3) is 0.833. The maximum absolute atomic E-state index is 11.8. The van der Waals surface area contributed by atoms with E-state index in [4.69, 9.17) is 9.47 Å². The summed E-state index contributed by atoms with van der Waals surface area (Å²) in [6.07, 6.45) is 4.16. The number of fused-ring (bicyclic) bond motifs is 3. The van der Waals surface area contributed by atoms with Crippen LogP contribution in [0.15, 0.2) is 0 Å². The molecular weight excluding hydrogens is 208 g/mol. The van der Waals surface area contributed by atoms with Crippen LogP contribution in [0.25, 0.3) is 0 Å². The molecule has 2 atom stereocenters. The van der Waals surface area contributed by atoms with Gasteiger partial charge in [-0.05, 0) is 37.5 Å². The molecule has 3 aliphatic carbocycles. The van der Waals surface area contributed by atoms with Gasteiger partial charge in [-0.1, -0.05) is 0 Å². The molecule has 4 heteroatoms. The van der Waals surface area contributed by atoms with E-state index < -0.39 is 0 Å². The van der Waals surface area contributed by atoms with Gasteiger partial charge >= 0.3 is 11.9 Å². The van der Waals surface area contributed by atoms with Crippen molar-refractivity contribution < 1.29 is 19.1 Å². The number of esters is 2. The summed E-state index contributed by atoms with van der Waals surface area (Å²) < 4.78 is 9.64. The van der Waals surface area contributed by atoms with Gasteiger partial charge in [-0.15, -0.1) is 0 Å². The molecule has 16 heavy (non-hydrogen) atoms. The Hall–Kier alpha value is -1.06. The van der Waals surface area contributed by atoms with Gasteiger partial charge in [-0.25, -0.2) is 0 Å². The fourth-order valence-corrected chi connectivity index (χ4v) is 3.40. The fourth-order valence-electron chi connectivity index (χ4n) is 3.40. The summed E-state index contributed by atoms with van der Waals surface area (Å²) in [7, 11) is 2.78. The summed E-state index contributed by atoms with van der Waals surface area (Å²) in [6.45, 7) is 0. The van der Waals surface area contributed by atoms with Crippen LogP contribution in [0.2, 0.25) is 0 Å². The number of rotatable bonds is 2. The summed E-state index contributed by atoms with van der Waals surface area (Å²) in [5.74, 6) is -0.424. The Balaban J connectivity index is 2.23. The highest BCUT2D eigenvalue weighted by molar-refractivity contribution is 5.83. The van der Waals surface area contributed by atoms with Crippen LogP contribution in [-0.2, 0) is 19.1 Å². The molecule has 0 N–H and O–H groups in total. The first-order chi connectivity index (χ1) is 7.69. The van der Waals surface area contributed by atoms with Crippen LogP contribution < -0.4 is 0 Å². The maximum atomic E-state index is 11.8. The summed E-state index contributed by atoms with van der Waals surface area (Å²) in [5, 5.41) is 0. The van der Waals surface area contributed by atoms with Gasteiger partial charge in [0.25, 0.3) is 0 Å². The SMILES string of the molecule is COC(=O)C1C2CCC(CC2)C1C(=O)OC. The average molecular weight is 226 g/mol. The van der Waals surface area contributed by atoms with E-state index in [2.05, 4.69) is 0 Å². The molecule has 4 nitrogen and oxygen atoms in total. The lowest BCUT2D eigenvalue weighted by Crippen LogP contribution is -2.48. The van der Waals surface area contributed by atoms with Gasteiger partial charge in [-0.3, -0.25) is 9.59 Å². The lowest BCUT2D eigenvalue weighted by atomic mass is 9.58. The van der Waals surface area contributed by atoms with E-state index in [-0.39, 0.29) is 23.8 Å². The van der Waals surface area contributed by atoms with Crippen LogP contribution in [0.1, 0.15) is 25.7 Å². The van der Waals surface area contributed by atoms with Crippen LogP contribution in [0.3, 0.4) is 0 Å². The molecule has 0 radical (unpaired) electrons. The summed E-state index contributed by atoms with van der Waals surface area (Å²) in [6, 6.07) is 0. The molecule has 0 aromatic rings. The van der Waals surface area contributed by atoms with Crippen molar-refractivity contribution in [3.05, 3.63) is 0 Å². The lowest BCUT2D eigenvalue weighted by Gasteiger charge is -2.45. The Labute approximate surface area is 95.3 Å². The molecule has 0 spiro atoms. The number of hydrogen-bond acceptors (Lipinski definition) is 4. The van der Waals surface area contributed by atoms with E-state index in [1.807, 2.05) is 0 Å². The van der Waals surface area contributed by atoms with Crippen molar-refractivity contribution in [3.63, 3.8) is 0 Å². The van der Waals surface area contributed by atoms with Gasteiger partial charge < -0.3 is 9.47 Å². The van der Waals surface area contributed by atoms with Crippen LogP contribution in [-0.4, -0.2) is 26.2 Å². The van der Waals surface area contributed by atoms with Crippen molar-refractivity contribution in [1.82, 2.24) is 0 Å². The van der Waals surface area contributed by atoms with Gasteiger partial charge in [0.15, 0.2) is 0 Å². The van der Waals surface area contributed by atoms with Crippen molar-refractivity contribution >= 4 is 11.9 Å². The quantitative estimate of drug-likeness (QED) is 0.667. The van der Waals surface area contributed by atoms with Gasteiger partial charge in [-0.2, -0.15) is 0 Å². The van der Waals surface area contributed by atoms with Crippen molar-refractivity contribution in [2.75, 3.05) is 14.2 Å². The van der Waals surface area contributed by atoms with Crippen molar-refractivity contribution in [2.45, 2.75) is 25.7 Å². The van der Waals surface area contributed by atoms with Crippen LogP contribution in [0.5, 0.6) is 0 Å². The second-order valence-corrected chi connectivity index (χ2v) is 4.77. The molecule has 0 aromatic carbocycles. The molecule has 0 heterocycles. The van der Waals surface area contributed by atoms with E-state index in [1.54, 1.807) is 0 Å². The highest BCUT2D eigenvalue weighted by Gasteiger charge is 2.51. The highest BCUT2D eigenvalue weighted by atomic mass is 16.5. The molecule has 3 rings (SSSR count). The molecule has 3 saturated carbocycles. The Bertz CT molecular complexity index is 261. The Kier molecular flexibility index (Phi) is 3.17. The van der Waals surface area contributed by atoms with E-state index in [0.29, 0.717) is 11.8 Å². The van der Waals surface area contributed by atoms with Gasteiger partial charge in [0.1, 0.15) is 0 Å². The maximum Gasteiger partial charge on any atom is 0.309 e. The van der Waals surface area contributed by atoms with Crippen molar-refractivity contribution in [3.8, 4) is 0 Å². The zero-order valence-electron chi connectivity index (χ0n) is 9.77. The second kappa shape index (κ2) is 4.44. The number of ether oxygens (including phenoxy) is 2. The van der Waals surface area contributed by atoms with Gasteiger partial charge in [0.05, 0.1) is 26.1 Å². The second-order valence-electron chi connectivity index (χ2n) is 4.77. The molecule has 2 bridgehead atoms. The standard InChI is InChI=1S/C12H18O4/c1-15-11(13)9-7-3-5-8(6-4-7)10(9)12(14)16-2/h7-10H,3-6H2,1-2H3. The largest absolute Gasteiger partial charge is 0.469 e. The Morgan fingerprint density at radius 2 is 1.12 bits per heavy atom. The monoisotopic (exact) mass is 226 g/mol. The normalized spacial score (nSPS) is 36.9. The lowest BCUT2D eigenvalue weighted by molar-refractivity contribution is -0.169. The first kappa shape index (κ1) is 11.4. The number of methoxy groups -OCH3 is 2. The summed E-state index contributed by atoms with van der Waals surface area (Å²) in [4.78, 5) is 23.5. The molecule has 90 valence electrons. The predicted molar refractivity (Wildman–Crippen MR) is 56.5 cm³/mol. The topological polar surface area (TPSA) is 52.6 Å². The van der Waals surface area contributed by atoms with Crippen LogP contribution in [0.4, 0.5) is 0 Å². The molecule has 2 unspecified atom stereocenters. The zero-order valence-corrected chi connectivity index (χ0v) is 9.77. The van der Waals surface area contributed by atoms with E-state index in [9.17, 15) is 9.59 Å². The Morgan fingerprint density at radius 3 is 1.38 bits per heavy atom. The van der Waals surface area contributed by atoms with Crippen molar-refractivity contribution in [1.29, 1.82) is 0 Å². The Morgan fingerprint density at radius 1 is 0.812 bits per heavy atom. The molecule has 0 aromatic heterocycles. The molecular formula is C12H18O4. The summed E-state index contributed by atoms with van der Waals surface area (Å²) >= 11 is 0. The summed E-state index contributed by atoms with van der Waals surface area (Å²) in [5.41, 5.74) is 0. The number of carbonyl (C=O) groups excluding carboxylic acids is 2. The molecule has 0 amide bonds. The first-order valence-electron chi connectivity index (χ1n) is 5.84. The molecule has 0 aliphatic heterocycles. The van der Waals surface area contributed by atoms with E-state index >= 15 is 0 Å². The van der Waals surface area contributed by atoms with E-state index in [1.165, 1.54) is 14.2 Å². The smallest absolute Gasteiger partial charge is 0.309 e. The van der Waals surface area contributed by atoms with Crippen LogP contribution >= 0.6 is 0 Å². The number of carbonyl (C=O) groups is 2. The van der Waals surface area contributed by atoms with E-state index in [0.717, 1.165) is 25.7 Å². The van der Waals surface area contributed by atoms with Gasteiger partial charge in [0, 0.05) is 0 Å².